The molecule has 124 valence electrons. The first kappa shape index (κ1) is 17.7. The molecule has 1 aromatic heterocycles. The molecule has 7 heteroatoms. The molecule has 5 nitrogen and oxygen atoms in total. The molecule has 0 saturated heterocycles. The van der Waals surface area contributed by atoms with Gasteiger partial charge in [0.2, 0.25) is 11.0 Å². The van der Waals surface area contributed by atoms with Crippen LogP contribution in [-0.4, -0.2) is 28.4 Å². The smallest absolute Gasteiger partial charge is 0.230 e. The van der Waals surface area contributed by atoms with Crippen LogP contribution in [0.2, 0.25) is 0 Å². The normalized spacial score (nSPS) is 12.0. The minimum Gasteiger partial charge on any atom is -0.360 e. The number of amides is 1. The van der Waals surface area contributed by atoms with Crippen molar-refractivity contribution in [2.75, 3.05) is 17.6 Å². The van der Waals surface area contributed by atoms with Gasteiger partial charge in [-0.3, -0.25) is 4.79 Å². The van der Waals surface area contributed by atoms with Crippen LogP contribution >= 0.6 is 23.1 Å². The first-order valence-electron chi connectivity index (χ1n) is 7.56. The van der Waals surface area contributed by atoms with E-state index in [9.17, 15) is 4.79 Å². The summed E-state index contributed by atoms with van der Waals surface area (Å²) in [4.78, 5) is 12.1. The summed E-state index contributed by atoms with van der Waals surface area (Å²) in [7, 11) is 0. The highest BCUT2D eigenvalue weighted by Crippen LogP contribution is 2.25. The summed E-state index contributed by atoms with van der Waals surface area (Å²) in [5, 5.41) is 15.0. The number of hydrogen-bond donors (Lipinski definition) is 2. The quantitative estimate of drug-likeness (QED) is 0.748. The highest BCUT2D eigenvalue weighted by atomic mass is 32.2. The second-order valence-corrected chi connectivity index (χ2v) is 7.53. The number of anilines is 1. The molecule has 2 N–H and O–H groups in total. The maximum atomic E-state index is 12.1. The zero-order valence-corrected chi connectivity index (χ0v) is 15.5. The topological polar surface area (TPSA) is 66.9 Å². The van der Waals surface area contributed by atoms with E-state index in [1.807, 2.05) is 13.8 Å². The zero-order chi connectivity index (χ0) is 16.8. The number of nitrogens with zero attached hydrogens (tertiary/aromatic N) is 2. The number of carbonyl (C=O) groups is 1. The Hall–Kier alpha value is -1.60. The van der Waals surface area contributed by atoms with Crippen LogP contribution in [0.4, 0.5) is 5.13 Å². The number of thioether (sulfide) groups is 1. The lowest BCUT2D eigenvalue weighted by Crippen LogP contribution is -2.28. The average molecular weight is 351 g/mol. The Morgan fingerprint density at radius 1 is 1.30 bits per heavy atom. The van der Waals surface area contributed by atoms with Crippen LogP contribution in [-0.2, 0) is 4.79 Å². The molecule has 0 fully saturated rings. The number of hydrogen-bond acceptors (Lipinski definition) is 6. The van der Waals surface area contributed by atoms with Gasteiger partial charge in [-0.15, -0.1) is 10.2 Å². The number of aromatic nitrogens is 2. The molecule has 1 atom stereocenters. The second-order valence-electron chi connectivity index (χ2n) is 5.33. The highest BCUT2D eigenvalue weighted by molar-refractivity contribution is 8.01. The van der Waals surface area contributed by atoms with Gasteiger partial charge >= 0.3 is 0 Å². The minimum absolute atomic E-state index is 0.000860. The van der Waals surface area contributed by atoms with Gasteiger partial charge in [-0.25, -0.2) is 0 Å². The van der Waals surface area contributed by atoms with Gasteiger partial charge < -0.3 is 10.6 Å². The van der Waals surface area contributed by atoms with E-state index in [-0.39, 0.29) is 11.9 Å². The number of carbonyl (C=O) groups excluding carboxylic acids is 1. The van der Waals surface area contributed by atoms with Crippen molar-refractivity contribution in [1.29, 1.82) is 0 Å². The number of aryl methyl sites for hydroxylation is 2. The summed E-state index contributed by atoms with van der Waals surface area (Å²) < 4.78 is 0.801. The molecule has 0 aliphatic carbocycles. The van der Waals surface area contributed by atoms with E-state index in [2.05, 4.69) is 52.9 Å². The Labute approximate surface area is 145 Å². The van der Waals surface area contributed by atoms with Gasteiger partial charge in [0.1, 0.15) is 0 Å². The molecule has 0 aliphatic rings. The molecule has 0 spiro atoms. The van der Waals surface area contributed by atoms with Gasteiger partial charge in [0.15, 0.2) is 4.34 Å². The van der Waals surface area contributed by atoms with E-state index in [0.717, 1.165) is 21.6 Å². The van der Waals surface area contributed by atoms with Gasteiger partial charge in [-0.05, 0) is 44.4 Å². The summed E-state index contributed by atoms with van der Waals surface area (Å²) in [5.74, 6) is 0.344. The van der Waals surface area contributed by atoms with E-state index in [1.54, 1.807) is 0 Å². The lowest BCUT2D eigenvalue weighted by Gasteiger charge is -2.15. The molecule has 2 aromatic rings. The summed E-state index contributed by atoms with van der Waals surface area (Å²) >= 11 is 2.88. The third-order valence-corrected chi connectivity index (χ3v) is 5.48. The first-order valence-corrected chi connectivity index (χ1v) is 9.36. The van der Waals surface area contributed by atoms with Crippen molar-refractivity contribution >= 4 is 34.1 Å². The fourth-order valence-corrected chi connectivity index (χ4v) is 3.65. The maximum absolute atomic E-state index is 12.1. The standard InChI is InChI=1S/C16H22N4OS2/c1-5-17-15-19-20-16(23-15)22-9-14(21)18-12(4)13-7-6-10(2)11(3)8-13/h6-8,12H,5,9H2,1-4H3,(H,17,19)(H,18,21)/t12-/m1/s1. The van der Waals surface area contributed by atoms with Crippen LogP contribution in [0.15, 0.2) is 22.5 Å². The van der Waals surface area contributed by atoms with Gasteiger partial charge in [-0.2, -0.15) is 0 Å². The average Bonchev–Trinajstić information content (AvgIpc) is 2.96. The minimum atomic E-state index is -0.00543. The van der Waals surface area contributed by atoms with Gasteiger partial charge in [0, 0.05) is 6.54 Å². The molecule has 1 aromatic carbocycles. The molecule has 2 rings (SSSR count). The maximum Gasteiger partial charge on any atom is 0.230 e. The SMILES string of the molecule is CCNc1nnc(SCC(=O)N[C@H](C)c2ccc(C)c(C)c2)s1. The largest absolute Gasteiger partial charge is 0.360 e. The summed E-state index contributed by atoms with van der Waals surface area (Å²) in [5.41, 5.74) is 3.62. The fraction of sp³-hybridized carbons (Fsp3) is 0.438. The van der Waals surface area contributed by atoms with E-state index in [4.69, 9.17) is 0 Å². The fourth-order valence-electron chi connectivity index (χ4n) is 2.02. The molecule has 23 heavy (non-hydrogen) atoms. The van der Waals surface area contributed by atoms with Gasteiger partial charge in [0.05, 0.1) is 11.8 Å². The van der Waals surface area contributed by atoms with Crippen LogP contribution in [0, 0.1) is 13.8 Å². The summed E-state index contributed by atoms with van der Waals surface area (Å²) in [6.45, 7) is 8.99. The lowest BCUT2D eigenvalue weighted by molar-refractivity contribution is -0.119. The summed E-state index contributed by atoms with van der Waals surface area (Å²) in [6, 6.07) is 6.27. The van der Waals surface area contributed by atoms with Crippen LogP contribution in [0.3, 0.4) is 0 Å². The molecule has 1 heterocycles. The van der Waals surface area contributed by atoms with Crippen LogP contribution in [0.1, 0.15) is 36.6 Å². The van der Waals surface area contributed by atoms with Crippen molar-refractivity contribution in [3.63, 3.8) is 0 Å². The molecule has 0 bridgehead atoms. The third kappa shape index (κ3) is 5.21. The molecular weight excluding hydrogens is 328 g/mol. The number of nitrogens with one attached hydrogen (secondary N) is 2. The van der Waals surface area contributed by atoms with Gasteiger partial charge in [-0.1, -0.05) is 41.3 Å². The monoisotopic (exact) mass is 350 g/mol. The van der Waals surface area contributed by atoms with Crippen LogP contribution in [0.5, 0.6) is 0 Å². The Balaban J connectivity index is 1.84. The molecule has 0 aliphatic heterocycles. The van der Waals surface area contributed by atoms with E-state index < -0.39 is 0 Å². The zero-order valence-electron chi connectivity index (χ0n) is 13.8. The van der Waals surface area contributed by atoms with E-state index >= 15 is 0 Å². The Kier molecular flexibility index (Phi) is 6.41. The predicted octanol–water partition coefficient (Wildman–Crippen LogP) is 3.56. The molecule has 1 amide bonds. The Morgan fingerprint density at radius 2 is 2.09 bits per heavy atom. The van der Waals surface area contributed by atoms with Gasteiger partial charge in [0.25, 0.3) is 0 Å². The Morgan fingerprint density at radius 3 is 2.78 bits per heavy atom. The molecule has 0 radical (unpaired) electrons. The second kappa shape index (κ2) is 8.31. The lowest BCUT2D eigenvalue weighted by atomic mass is 10.0. The van der Waals surface area contributed by atoms with Crippen LogP contribution < -0.4 is 10.6 Å². The van der Waals surface area contributed by atoms with E-state index in [0.29, 0.717) is 5.75 Å². The third-order valence-electron chi connectivity index (χ3n) is 3.47. The molecule has 0 saturated carbocycles. The highest BCUT2D eigenvalue weighted by Gasteiger charge is 2.12. The first-order chi connectivity index (χ1) is 11.0. The van der Waals surface area contributed by atoms with Crippen molar-refractivity contribution in [3.8, 4) is 0 Å². The number of benzene rings is 1. The van der Waals surface area contributed by atoms with E-state index in [1.165, 1.54) is 34.2 Å². The summed E-state index contributed by atoms with van der Waals surface area (Å²) in [6.07, 6.45) is 0. The Bertz CT molecular complexity index is 672. The number of rotatable bonds is 7. The van der Waals surface area contributed by atoms with Crippen molar-refractivity contribution < 1.29 is 4.79 Å². The molecular formula is C16H22N4OS2. The van der Waals surface area contributed by atoms with Crippen LogP contribution in [0.25, 0.3) is 0 Å². The van der Waals surface area contributed by atoms with Crippen molar-refractivity contribution in [2.45, 2.75) is 38.1 Å². The van der Waals surface area contributed by atoms with Crippen molar-refractivity contribution in [3.05, 3.63) is 34.9 Å². The molecule has 0 unspecified atom stereocenters. The predicted molar refractivity (Wildman–Crippen MR) is 97.3 cm³/mol. The van der Waals surface area contributed by atoms with Crippen molar-refractivity contribution in [2.24, 2.45) is 0 Å². The van der Waals surface area contributed by atoms with Crippen molar-refractivity contribution in [1.82, 2.24) is 15.5 Å².